The Hall–Kier alpha value is -1.64. The molecule has 0 aliphatic rings. The number of benzene rings is 1. The van der Waals surface area contributed by atoms with Crippen molar-refractivity contribution < 1.29 is 4.74 Å². The van der Waals surface area contributed by atoms with Crippen LogP contribution in [-0.2, 0) is 10.8 Å². The largest absolute Gasteiger partial charge is 0.480 e. The lowest BCUT2D eigenvalue weighted by atomic mass is 9.80. The van der Waals surface area contributed by atoms with Gasteiger partial charge in [-0.15, -0.1) is 0 Å². The molecule has 2 rings (SSSR count). The van der Waals surface area contributed by atoms with Crippen molar-refractivity contribution in [2.45, 2.75) is 65.2 Å². The van der Waals surface area contributed by atoms with E-state index in [0.717, 1.165) is 29.6 Å². The maximum atomic E-state index is 5.48. The lowest BCUT2D eigenvalue weighted by Crippen LogP contribution is -2.20. The van der Waals surface area contributed by atoms with E-state index in [1.54, 1.807) is 7.11 Å². The second kappa shape index (κ2) is 5.86. The lowest BCUT2D eigenvalue weighted by molar-refractivity contribution is 0.377. The van der Waals surface area contributed by atoms with Crippen LogP contribution in [0.25, 0.3) is 11.0 Å². The van der Waals surface area contributed by atoms with E-state index >= 15 is 0 Å². The molecule has 2 aromatic rings. The van der Waals surface area contributed by atoms with Gasteiger partial charge >= 0.3 is 0 Å². The number of rotatable bonds is 4. The molecule has 22 heavy (non-hydrogen) atoms. The third-order valence-corrected chi connectivity index (χ3v) is 4.17. The van der Waals surface area contributed by atoms with Gasteiger partial charge in [-0.25, -0.2) is 9.97 Å². The number of nitrogens with zero attached hydrogens (tertiary/aromatic N) is 2. The Morgan fingerprint density at radius 1 is 1.05 bits per heavy atom. The van der Waals surface area contributed by atoms with E-state index in [9.17, 15) is 0 Å². The Kier molecular flexibility index (Phi) is 4.46. The van der Waals surface area contributed by atoms with Crippen LogP contribution in [0, 0.1) is 0 Å². The van der Waals surface area contributed by atoms with Crippen molar-refractivity contribution in [1.29, 1.82) is 0 Å². The molecule has 3 nitrogen and oxygen atoms in total. The average Bonchev–Trinajstić information content (AvgIpc) is 2.44. The van der Waals surface area contributed by atoms with Crippen molar-refractivity contribution in [2.24, 2.45) is 0 Å². The summed E-state index contributed by atoms with van der Waals surface area (Å²) in [5.74, 6) is 0.630. The first kappa shape index (κ1) is 16.7. The van der Waals surface area contributed by atoms with Crippen molar-refractivity contribution in [1.82, 2.24) is 9.97 Å². The van der Waals surface area contributed by atoms with Gasteiger partial charge in [0.1, 0.15) is 5.69 Å². The fourth-order valence-corrected chi connectivity index (χ4v) is 3.00. The number of ether oxygens (including phenoxy) is 1. The number of methoxy groups -OCH3 is 1. The van der Waals surface area contributed by atoms with Crippen molar-refractivity contribution in [3.63, 3.8) is 0 Å². The molecule has 0 aliphatic heterocycles. The van der Waals surface area contributed by atoms with Gasteiger partial charge in [-0.1, -0.05) is 60.1 Å². The van der Waals surface area contributed by atoms with Crippen LogP contribution in [-0.4, -0.2) is 17.1 Å². The zero-order valence-corrected chi connectivity index (χ0v) is 14.9. The standard InChI is InChI=1S/C19H28N2O/c1-8-12-19(5,6)13-10-9-11-14-15(13)21-16(18(2,3)4)17(20-14)22-7/h9-11H,8,12H2,1-7H3. The van der Waals surface area contributed by atoms with Crippen LogP contribution >= 0.6 is 0 Å². The quantitative estimate of drug-likeness (QED) is 0.795. The summed E-state index contributed by atoms with van der Waals surface area (Å²) in [7, 11) is 1.66. The Bertz CT molecular complexity index is 669. The SMILES string of the molecule is CCCC(C)(C)c1cccc2nc(OC)c(C(C)(C)C)nc12. The maximum absolute atomic E-state index is 5.48. The highest BCUT2D eigenvalue weighted by Gasteiger charge is 2.27. The van der Waals surface area contributed by atoms with Crippen LogP contribution in [0.5, 0.6) is 5.88 Å². The minimum absolute atomic E-state index is 0.0900. The van der Waals surface area contributed by atoms with Gasteiger partial charge in [0.2, 0.25) is 5.88 Å². The molecule has 0 fully saturated rings. The molecule has 120 valence electrons. The molecule has 0 N–H and O–H groups in total. The summed E-state index contributed by atoms with van der Waals surface area (Å²) in [5.41, 5.74) is 4.09. The fourth-order valence-electron chi connectivity index (χ4n) is 3.00. The van der Waals surface area contributed by atoms with Crippen molar-refractivity contribution in [3.8, 4) is 5.88 Å². The van der Waals surface area contributed by atoms with Gasteiger partial charge < -0.3 is 4.74 Å². The monoisotopic (exact) mass is 300 g/mol. The predicted molar refractivity (Wildman–Crippen MR) is 92.7 cm³/mol. The molecule has 1 heterocycles. The molecule has 0 amide bonds. The molecule has 0 spiro atoms. The highest BCUT2D eigenvalue weighted by molar-refractivity contribution is 5.80. The minimum Gasteiger partial charge on any atom is -0.480 e. The van der Waals surface area contributed by atoms with Crippen LogP contribution in [0.4, 0.5) is 0 Å². The predicted octanol–water partition coefficient (Wildman–Crippen LogP) is 5.01. The van der Waals surface area contributed by atoms with E-state index in [1.165, 1.54) is 5.56 Å². The van der Waals surface area contributed by atoms with Gasteiger partial charge in [0, 0.05) is 5.41 Å². The summed E-state index contributed by atoms with van der Waals surface area (Å²) < 4.78 is 5.48. The molecule has 1 aromatic heterocycles. The van der Waals surface area contributed by atoms with E-state index in [-0.39, 0.29) is 10.8 Å². The Morgan fingerprint density at radius 3 is 2.27 bits per heavy atom. The van der Waals surface area contributed by atoms with E-state index < -0.39 is 0 Å². The Labute approximate surface area is 134 Å². The molecule has 0 radical (unpaired) electrons. The van der Waals surface area contributed by atoms with Gasteiger partial charge in [0.05, 0.1) is 18.1 Å². The number of fused-ring (bicyclic) bond motifs is 1. The lowest BCUT2D eigenvalue weighted by Gasteiger charge is -2.27. The number of para-hydroxylation sites is 1. The molecule has 0 saturated heterocycles. The first-order valence-corrected chi connectivity index (χ1v) is 8.06. The minimum atomic E-state index is -0.103. The first-order chi connectivity index (χ1) is 10.2. The van der Waals surface area contributed by atoms with Crippen LogP contribution in [0.15, 0.2) is 18.2 Å². The summed E-state index contributed by atoms with van der Waals surface area (Å²) >= 11 is 0. The Morgan fingerprint density at radius 2 is 1.73 bits per heavy atom. The number of hydrogen-bond acceptors (Lipinski definition) is 3. The fraction of sp³-hybridized carbons (Fsp3) is 0.579. The molecule has 3 heteroatoms. The molecule has 1 aromatic carbocycles. The van der Waals surface area contributed by atoms with E-state index in [4.69, 9.17) is 14.7 Å². The molecular weight excluding hydrogens is 272 g/mol. The van der Waals surface area contributed by atoms with Crippen LogP contribution in [0.3, 0.4) is 0 Å². The zero-order valence-electron chi connectivity index (χ0n) is 14.9. The van der Waals surface area contributed by atoms with Crippen LogP contribution < -0.4 is 4.74 Å². The van der Waals surface area contributed by atoms with Crippen molar-refractivity contribution >= 4 is 11.0 Å². The van der Waals surface area contributed by atoms with Crippen molar-refractivity contribution in [3.05, 3.63) is 29.5 Å². The summed E-state index contributed by atoms with van der Waals surface area (Å²) in [6.45, 7) is 13.2. The van der Waals surface area contributed by atoms with E-state index in [2.05, 4.69) is 53.7 Å². The van der Waals surface area contributed by atoms with Gasteiger partial charge in [-0.05, 0) is 23.5 Å². The van der Waals surface area contributed by atoms with Gasteiger partial charge in [0.15, 0.2) is 0 Å². The van der Waals surface area contributed by atoms with E-state index in [1.807, 2.05) is 6.07 Å². The number of aromatic nitrogens is 2. The average molecular weight is 300 g/mol. The summed E-state index contributed by atoms with van der Waals surface area (Å²) in [6, 6.07) is 6.27. The second-order valence-corrected chi connectivity index (χ2v) is 7.64. The third-order valence-electron chi connectivity index (χ3n) is 4.17. The highest BCUT2D eigenvalue weighted by Crippen LogP contribution is 2.36. The maximum Gasteiger partial charge on any atom is 0.236 e. The first-order valence-electron chi connectivity index (χ1n) is 8.06. The molecule has 0 atom stereocenters. The second-order valence-electron chi connectivity index (χ2n) is 7.64. The third kappa shape index (κ3) is 3.08. The topological polar surface area (TPSA) is 35.0 Å². The molecule has 0 bridgehead atoms. The highest BCUT2D eigenvalue weighted by atomic mass is 16.5. The molecule has 0 unspecified atom stereocenters. The van der Waals surface area contributed by atoms with Gasteiger partial charge in [-0.3, -0.25) is 0 Å². The Balaban J connectivity index is 2.76. The zero-order chi connectivity index (χ0) is 16.5. The summed E-state index contributed by atoms with van der Waals surface area (Å²) in [6.07, 6.45) is 2.28. The molecular formula is C19H28N2O. The van der Waals surface area contributed by atoms with E-state index in [0.29, 0.717) is 5.88 Å². The molecule has 0 aliphatic carbocycles. The van der Waals surface area contributed by atoms with Crippen LogP contribution in [0.1, 0.15) is 65.6 Å². The van der Waals surface area contributed by atoms with Gasteiger partial charge in [0.25, 0.3) is 0 Å². The summed E-state index contributed by atoms with van der Waals surface area (Å²) in [5, 5.41) is 0. The molecule has 0 saturated carbocycles. The smallest absolute Gasteiger partial charge is 0.236 e. The van der Waals surface area contributed by atoms with Crippen LogP contribution in [0.2, 0.25) is 0 Å². The summed E-state index contributed by atoms with van der Waals surface area (Å²) in [4.78, 5) is 9.69. The van der Waals surface area contributed by atoms with Gasteiger partial charge in [-0.2, -0.15) is 0 Å². The normalized spacial score (nSPS) is 12.7. The van der Waals surface area contributed by atoms with Crippen molar-refractivity contribution in [2.75, 3.05) is 7.11 Å². The number of hydrogen-bond donors (Lipinski definition) is 0.